The predicted molar refractivity (Wildman–Crippen MR) is 71.7 cm³/mol. The summed E-state index contributed by atoms with van der Waals surface area (Å²) >= 11 is 1.60. The van der Waals surface area contributed by atoms with Gasteiger partial charge >= 0.3 is 5.97 Å². The van der Waals surface area contributed by atoms with E-state index in [9.17, 15) is 9.59 Å². The first kappa shape index (κ1) is 14.6. The molecule has 4 nitrogen and oxygen atoms in total. The Morgan fingerprint density at radius 3 is 2.50 bits per heavy atom. The van der Waals surface area contributed by atoms with Crippen LogP contribution in [0.15, 0.2) is 35.2 Å². The topological polar surface area (TPSA) is 57.6 Å². The molecule has 0 aliphatic carbocycles. The Kier molecular flexibility index (Phi) is 6.28. The first-order chi connectivity index (χ1) is 8.63. The number of likely N-dealkylation sites (N-methyl/N-ethyl adjacent to an activating group) is 1. The maximum Gasteiger partial charge on any atom is 0.323 e. The summed E-state index contributed by atoms with van der Waals surface area (Å²) in [7, 11) is 0. The fraction of sp³-hybridized carbons (Fsp3) is 0.385. The van der Waals surface area contributed by atoms with Crippen LogP contribution >= 0.6 is 11.8 Å². The van der Waals surface area contributed by atoms with Crippen LogP contribution in [-0.4, -0.2) is 40.7 Å². The Labute approximate surface area is 111 Å². The molecule has 1 rings (SSSR count). The number of carbonyl (C=O) groups excluding carboxylic acids is 1. The minimum atomic E-state index is -0.971. The van der Waals surface area contributed by atoms with Crippen molar-refractivity contribution in [2.45, 2.75) is 18.2 Å². The van der Waals surface area contributed by atoms with Crippen molar-refractivity contribution < 1.29 is 14.7 Å². The highest BCUT2D eigenvalue weighted by molar-refractivity contribution is 7.99. The lowest BCUT2D eigenvalue weighted by Crippen LogP contribution is -2.35. The van der Waals surface area contributed by atoms with E-state index in [1.54, 1.807) is 18.7 Å². The molecule has 0 radical (unpaired) electrons. The number of hydrogen-bond donors (Lipinski definition) is 1. The van der Waals surface area contributed by atoms with Crippen molar-refractivity contribution in [3.63, 3.8) is 0 Å². The van der Waals surface area contributed by atoms with Gasteiger partial charge in [0, 0.05) is 23.6 Å². The van der Waals surface area contributed by atoms with Crippen molar-refractivity contribution >= 4 is 23.6 Å². The van der Waals surface area contributed by atoms with Gasteiger partial charge in [-0.05, 0) is 19.1 Å². The summed E-state index contributed by atoms with van der Waals surface area (Å²) in [6, 6.07) is 9.83. The highest BCUT2D eigenvalue weighted by atomic mass is 32.2. The van der Waals surface area contributed by atoms with Crippen LogP contribution in [0, 0.1) is 0 Å². The molecule has 1 aromatic rings. The number of carboxylic acid groups (broad SMARTS) is 1. The van der Waals surface area contributed by atoms with Gasteiger partial charge < -0.3 is 10.0 Å². The molecule has 1 amide bonds. The summed E-state index contributed by atoms with van der Waals surface area (Å²) < 4.78 is 0. The van der Waals surface area contributed by atoms with Gasteiger partial charge in [-0.15, -0.1) is 11.8 Å². The molecule has 18 heavy (non-hydrogen) atoms. The minimum absolute atomic E-state index is 0.108. The third-order valence-electron chi connectivity index (χ3n) is 2.39. The maximum atomic E-state index is 11.7. The second-order valence-corrected chi connectivity index (χ2v) is 4.88. The Balaban J connectivity index is 2.34. The first-order valence-electron chi connectivity index (χ1n) is 5.81. The molecular weight excluding hydrogens is 250 g/mol. The second-order valence-electron chi connectivity index (χ2n) is 3.71. The Morgan fingerprint density at radius 1 is 1.28 bits per heavy atom. The van der Waals surface area contributed by atoms with E-state index >= 15 is 0 Å². The second kappa shape index (κ2) is 7.76. The van der Waals surface area contributed by atoms with Gasteiger partial charge in [0.15, 0.2) is 0 Å². The molecule has 0 saturated heterocycles. The number of thioether (sulfide) groups is 1. The predicted octanol–water partition coefficient (Wildman–Crippen LogP) is 2.10. The molecule has 0 spiro atoms. The highest BCUT2D eigenvalue weighted by Crippen LogP contribution is 2.18. The minimum Gasteiger partial charge on any atom is -0.480 e. The lowest BCUT2D eigenvalue weighted by molar-refractivity contribution is -0.144. The smallest absolute Gasteiger partial charge is 0.323 e. The molecule has 0 unspecified atom stereocenters. The summed E-state index contributed by atoms with van der Waals surface area (Å²) in [4.78, 5) is 24.8. The number of aliphatic carboxylic acids is 1. The average Bonchev–Trinajstić information content (AvgIpc) is 2.36. The van der Waals surface area contributed by atoms with E-state index in [1.165, 1.54) is 4.90 Å². The van der Waals surface area contributed by atoms with Crippen molar-refractivity contribution in [2.24, 2.45) is 0 Å². The van der Waals surface area contributed by atoms with Gasteiger partial charge in [0.1, 0.15) is 6.54 Å². The standard InChI is InChI=1S/C13H17NO3S/c1-2-14(10-13(16)17)12(15)8-9-18-11-6-4-3-5-7-11/h3-7H,2,8-10H2,1H3,(H,16,17). The van der Waals surface area contributed by atoms with E-state index in [4.69, 9.17) is 5.11 Å². The highest BCUT2D eigenvalue weighted by Gasteiger charge is 2.14. The quantitative estimate of drug-likeness (QED) is 0.769. The van der Waals surface area contributed by atoms with Crippen LogP contribution in [0.4, 0.5) is 0 Å². The summed E-state index contributed by atoms with van der Waals surface area (Å²) in [6.07, 6.45) is 0.362. The number of nitrogens with zero attached hydrogens (tertiary/aromatic N) is 1. The van der Waals surface area contributed by atoms with E-state index < -0.39 is 5.97 Å². The number of rotatable bonds is 7. The van der Waals surface area contributed by atoms with Crippen molar-refractivity contribution in [3.05, 3.63) is 30.3 Å². The van der Waals surface area contributed by atoms with Gasteiger partial charge in [-0.1, -0.05) is 18.2 Å². The Bertz CT molecular complexity index is 394. The molecule has 0 bridgehead atoms. The van der Waals surface area contributed by atoms with Gasteiger partial charge in [0.2, 0.25) is 5.91 Å². The maximum absolute atomic E-state index is 11.7. The van der Waals surface area contributed by atoms with Crippen molar-refractivity contribution in [1.82, 2.24) is 4.90 Å². The third kappa shape index (κ3) is 5.23. The molecule has 1 N–H and O–H groups in total. The van der Waals surface area contributed by atoms with Crippen LogP contribution in [0.5, 0.6) is 0 Å². The van der Waals surface area contributed by atoms with Crippen LogP contribution in [0.25, 0.3) is 0 Å². The zero-order valence-electron chi connectivity index (χ0n) is 10.3. The SMILES string of the molecule is CCN(CC(=O)O)C(=O)CCSc1ccccc1. The van der Waals surface area contributed by atoms with Crippen molar-refractivity contribution in [1.29, 1.82) is 0 Å². The molecule has 0 aliphatic rings. The summed E-state index contributed by atoms with van der Waals surface area (Å²) in [6.45, 7) is 2.00. The first-order valence-corrected chi connectivity index (χ1v) is 6.79. The van der Waals surface area contributed by atoms with Crippen LogP contribution < -0.4 is 0 Å². The molecule has 0 aromatic heterocycles. The molecule has 0 atom stereocenters. The van der Waals surface area contributed by atoms with E-state index in [0.29, 0.717) is 18.7 Å². The lowest BCUT2D eigenvalue weighted by Gasteiger charge is -2.18. The molecule has 0 fully saturated rings. The van der Waals surface area contributed by atoms with Gasteiger partial charge in [-0.25, -0.2) is 0 Å². The van der Waals surface area contributed by atoms with Crippen LogP contribution in [-0.2, 0) is 9.59 Å². The van der Waals surface area contributed by atoms with E-state index in [2.05, 4.69) is 0 Å². The number of hydrogen-bond acceptors (Lipinski definition) is 3. The van der Waals surface area contributed by atoms with Crippen LogP contribution in [0.1, 0.15) is 13.3 Å². The number of carbonyl (C=O) groups is 2. The lowest BCUT2D eigenvalue weighted by atomic mass is 10.4. The zero-order chi connectivity index (χ0) is 13.4. The number of amides is 1. The van der Waals surface area contributed by atoms with Crippen LogP contribution in [0.3, 0.4) is 0 Å². The molecule has 1 aromatic carbocycles. The van der Waals surface area contributed by atoms with Gasteiger partial charge in [-0.2, -0.15) is 0 Å². The number of carboxylic acids is 1. The summed E-state index contributed by atoms with van der Waals surface area (Å²) in [5.74, 6) is -0.414. The normalized spacial score (nSPS) is 10.1. The molecule has 0 saturated carbocycles. The average molecular weight is 267 g/mol. The van der Waals surface area contributed by atoms with Crippen LogP contribution in [0.2, 0.25) is 0 Å². The van der Waals surface area contributed by atoms with E-state index in [0.717, 1.165) is 4.90 Å². The molecule has 98 valence electrons. The fourth-order valence-electron chi connectivity index (χ4n) is 1.47. The van der Waals surface area contributed by atoms with Gasteiger partial charge in [0.05, 0.1) is 0 Å². The molecule has 0 aliphatic heterocycles. The van der Waals surface area contributed by atoms with E-state index in [1.807, 2.05) is 30.3 Å². The third-order valence-corrected chi connectivity index (χ3v) is 3.40. The molecule has 5 heteroatoms. The zero-order valence-corrected chi connectivity index (χ0v) is 11.2. The fourth-order valence-corrected chi connectivity index (χ4v) is 2.33. The van der Waals surface area contributed by atoms with Gasteiger partial charge in [0.25, 0.3) is 0 Å². The Hall–Kier alpha value is -1.49. The van der Waals surface area contributed by atoms with Crippen molar-refractivity contribution in [2.75, 3.05) is 18.8 Å². The van der Waals surface area contributed by atoms with Gasteiger partial charge in [-0.3, -0.25) is 9.59 Å². The largest absolute Gasteiger partial charge is 0.480 e. The summed E-state index contributed by atoms with van der Waals surface area (Å²) in [5, 5.41) is 8.67. The number of benzene rings is 1. The molecular formula is C13H17NO3S. The summed E-state index contributed by atoms with van der Waals surface area (Å²) in [5.41, 5.74) is 0. The van der Waals surface area contributed by atoms with Crippen molar-refractivity contribution in [3.8, 4) is 0 Å². The molecule has 0 heterocycles. The Morgan fingerprint density at radius 2 is 1.94 bits per heavy atom. The van der Waals surface area contributed by atoms with E-state index in [-0.39, 0.29) is 12.5 Å². The monoisotopic (exact) mass is 267 g/mol.